The molecule has 0 aliphatic heterocycles. The van der Waals surface area contributed by atoms with Crippen molar-refractivity contribution < 1.29 is 4.74 Å². The van der Waals surface area contributed by atoms with Crippen molar-refractivity contribution in [1.29, 1.82) is 0 Å². The van der Waals surface area contributed by atoms with E-state index in [4.69, 9.17) is 4.74 Å². The van der Waals surface area contributed by atoms with Crippen LogP contribution in [0.2, 0.25) is 0 Å². The molecule has 0 amide bonds. The molecule has 0 aliphatic rings. The van der Waals surface area contributed by atoms with Gasteiger partial charge in [0.05, 0.1) is 5.60 Å². The third-order valence-electron chi connectivity index (χ3n) is 5.61. The van der Waals surface area contributed by atoms with Gasteiger partial charge in [0.2, 0.25) is 0 Å². The van der Waals surface area contributed by atoms with Gasteiger partial charge in [0, 0.05) is 12.5 Å². The highest BCUT2D eigenvalue weighted by Crippen LogP contribution is 2.37. The molecule has 39 heavy (non-hydrogen) atoms. The number of ether oxygens (including phenoxy) is 1. The van der Waals surface area contributed by atoms with Gasteiger partial charge in [-0.05, 0) is 81.0 Å². The highest BCUT2D eigenvalue weighted by molar-refractivity contribution is 5.04. The third-order valence-corrected chi connectivity index (χ3v) is 5.61. The first-order valence-electron chi connectivity index (χ1n) is 15.1. The van der Waals surface area contributed by atoms with E-state index in [-0.39, 0.29) is 11.0 Å². The lowest BCUT2D eigenvalue weighted by molar-refractivity contribution is 0.0397. The molecule has 0 saturated carbocycles. The maximum absolute atomic E-state index is 4.94. The van der Waals surface area contributed by atoms with Gasteiger partial charge in [-0.2, -0.15) is 0 Å². The quantitative estimate of drug-likeness (QED) is 0.269. The standard InChI is InChI=1S/2C8H18.C7H12.C5H12O.2C5H12/c2*1-7(2,3)8(4,5)6;1-5-6-7(2,3)4;1-5(2,3)6-4;2*1-5(2,3)4/h2*1-6H3;1-4H3;1-4H3;2*1-4H3. The molecule has 0 bridgehead atoms. The van der Waals surface area contributed by atoms with Gasteiger partial charge >= 0.3 is 0 Å². The van der Waals surface area contributed by atoms with Crippen LogP contribution >= 0.6 is 0 Å². The first kappa shape index (κ1) is 51.3. The Morgan fingerprint density at radius 3 is 0.487 bits per heavy atom. The summed E-state index contributed by atoms with van der Waals surface area (Å²) in [4.78, 5) is 0. The molecule has 0 heterocycles. The first-order chi connectivity index (χ1) is 16.1. The van der Waals surface area contributed by atoms with E-state index in [0.717, 1.165) is 0 Å². The summed E-state index contributed by atoms with van der Waals surface area (Å²) in [5.41, 5.74) is 2.98. The van der Waals surface area contributed by atoms with Gasteiger partial charge in [-0.1, -0.05) is 144 Å². The molecule has 242 valence electrons. The van der Waals surface area contributed by atoms with Crippen molar-refractivity contribution in [3.63, 3.8) is 0 Å². The van der Waals surface area contributed by atoms with Gasteiger partial charge in [-0.15, -0.1) is 5.92 Å². The van der Waals surface area contributed by atoms with Crippen LogP contribution in [-0.2, 0) is 4.74 Å². The van der Waals surface area contributed by atoms with Crippen LogP contribution < -0.4 is 0 Å². The summed E-state index contributed by atoms with van der Waals surface area (Å²) >= 11 is 0. The van der Waals surface area contributed by atoms with Gasteiger partial charge in [0.1, 0.15) is 0 Å². The van der Waals surface area contributed by atoms with Crippen molar-refractivity contribution in [2.45, 2.75) is 193 Å². The molecule has 0 aromatic heterocycles. The number of methoxy groups -OCH3 is 1. The summed E-state index contributed by atoms with van der Waals surface area (Å²) in [6, 6.07) is 0. The maximum atomic E-state index is 4.94. The molecule has 0 spiro atoms. The van der Waals surface area contributed by atoms with Crippen molar-refractivity contribution in [3.8, 4) is 11.8 Å². The minimum Gasteiger partial charge on any atom is -0.379 e. The third kappa shape index (κ3) is 78.7. The molecule has 1 heteroatoms. The van der Waals surface area contributed by atoms with Gasteiger partial charge in [-0.3, -0.25) is 0 Å². The molecule has 0 aromatic rings. The second kappa shape index (κ2) is 19.6. The fraction of sp³-hybridized carbons (Fsp3) is 0.947. The van der Waals surface area contributed by atoms with Crippen molar-refractivity contribution >= 4 is 0 Å². The molecule has 0 fully saturated rings. The zero-order valence-electron chi connectivity index (χ0n) is 33.4. The van der Waals surface area contributed by atoms with E-state index in [1.165, 1.54) is 0 Å². The van der Waals surface area contributed by atoms with E-state index in [1.54, 1.807) is 7.11 Å². The average molecular weight is 557 g/mol. The van der Waals surface area contributed by atoms with Crippen LogP contribution in [0.5, 0.6) is 0 Å². The highest BCUT2D eigenvalue weighted by Gasteiger charge is 2.27. The van der Waals surface area contributed by atoms with E-state index in [0.29, 0.717) is 32.5 Å². The van der Waals surface area contributed by atoms with Crippen LogP contribution in [0.3, 0.4) is 0 Å². The normalized spacial score (nSPS) is 12.5. The molecule has 0 rings (SSSR count). The second-order valence-electron chi connectivity index (χ2n) is 19.9. The number of hydrogen-bond donors (Lipinski definition) is 0. The smallest absolute Gasteiger partial charge is 0.0594 e. The number of rotatable bonds is 0. The molecule has 0 aromatic carbocycles. The molecule has 0 saturated heterocycles. The van der Waals surface area contributed by atoms with E-state index < -0.39 is 0 Å². The van der Waals surface area contributed by atoms with Crippen molar-refractivity contribution in [3.05, 3.63) is 0 Å². The van der Waals surface area contributed by atoms with Gasteiger partial charge in [-0.25, -0.2) is 0 Å². The Balaban J connectivity index is -0.0000000846. The van der Waals surface area contributed by atoms with Crippen LogP contribution in [0.15, 0.2) is 0 Å². The fourth-order valence-corrected chi connectivity index (χ4v) is 0.375. The largest absolute Gasteiger partial charge is 0.379 e. The Morgan fingerprint density at radius 2 is 0.487 bits per heavy atom. The Labute approximate surface area is 253 Å². The maximum Gasteiger partial charge on any atom is 0.0594 e. The highest BCUT2D eigenvalue weighted by atomic mass is 16.5. The predicted octanol–water partition coefficient (Wildman–Crippen LogP) is 13.7. The van der Waals surface area contributed by atoms with E-state index >= 15 is 0 Å². The first-order valence-corrected chi connectivity index (χ1v) is 15.1. The minimum absolute atomic E-state index is 0.0417. The van der Waals surface area contributed by atoms with Crippen molar-refractivity contribution in [2.75, 3.05) is 7.11 Å². The summed E-state index contributed by atoms with van der Waals surface area (Å²) < 4.78 is 4.94. The molecule has 0 N–H and O–H groups in total. The molecular weight excluding hydrogens is 472 g/mol. The molecule has 0 unspecified atom stereocenters. The summed E-state index contributed by atoms with van der Waals surface area (Å²) in [5.74, 6) is 5.89. The van der Waals surface area contributed by atoms with Crippen LogP contribution in [0.1, 0.15) is 187 Å². The van der Waals surface area contributed by atoms with Crippen molar-refractivity contribution in [2.24, 2.45) is 37.9 Å². The van der Waals surface area contributed by atoms with Gasteiger partial charge in [0.25, 0.3) is 0 Å². The predicted molar refractivity (Wildman–Crippen MR) is 188 cm³/mol. The Bertz CT molecular complexity index is 524. The van der Waals surface area contributed by atoms with Crippen molar-refractivity contribution in [1.82, 2.24) is 0 Å². The zero-order valence-corrected chi connectivity index (χ0v) is 33.4. The van der Waals surface area contributed by atoms with E-state index in [9.17, 15) is 0 Å². The summed E-state index contributed by atoms with van der Waals surface area (Å²) in [6.45, 7) is 59.0. The molecule has 0 aliphatic carbocycles. The van der Waals surface area contributed by atoms with E-state index in [2.05, 4.69) is 171 Å². The Kier molecular flexibility index (Phi) is 25.8. The molecule has 1 nitrogen and oxygen atoms in total. The van der Waals surface area contributed by atoms with Gasteiger partial charge in [0.15, 0.2) is 0 Å². The lowest BCUT2D eigenvalue weighted by Gasteiger charge is -2.34. The summed E-state index contributed by atoms with van der Waals surface area (Å²) in [6.07, 6.45) is 0. The van der Waals surface area contributed by atoms with Gasteiger partial charge < -0.3 is 4.74 Å². The summed E-state index contributed by atoms with van der Waals surface area (Å²) in [7, 11) is 1.71. The molecular formula is C38H84O. The van der Waals surface area contributed by atoms with E-state index in [1.807, 2.05) is 27.7 Å². The zero-order chi connectivity index (χ0) is 34.1. The monoisotopic (exact) mass is 557 g/mol. The van der Waals surface area contributed by atoms with Crippen LogP contribution in [0.25, 0.3) is 0 Å². The molecule has 0 atom stereocenters. The lowest BCUT2D eigenvalue weighted by Crippen LogP contribution is -2.25. The topological polar surface area (TPSA) is 9.23 Å². The Morgan fingerprint density at radius 1 is 0.359 bits per heavy atom. The number of hydrogen-bond acceptors (Lipinski definition) is 1. The van der Waals surface area contributed by atoms with Crippen LogP contribution in [0, 0.1) is 49.7 Å². The average Bonchev–Trinajstić information content (AvgIpc) is 2.47. The minimum atomic E-state index is 0.0417. The summed E-state index contributed by atoms with van der Waals surface area (Å²) in [5, 5.41) is 0. The fourth-order valence-electron chi connectivity index (χ4n) is 0.375. The SMILES string of the molecule is CC#CC(C)(C)C.CC(C)(C)C.CC(C)(C)C.CC(C)(C)C(C)(C)C.CC(C)(C)C(C)(C)C.COC(C)(C)C. The lowest BCUT2D eigenvalue weighted by atomic mass is 9.71. The Hall–Kier alpha value is -0.480. The second-order valence-corrected chi connectivity index (χ2v) is 19.9. The molecule has 0 radical (unpaired) electrons. The van der Waals surface area contributed by atoms with Crippen LogP contribution in [0.4, 0.5) is 0 Å². The van der Waals surface area contributed by atoms with Crippen LogP contribution in [-0.4, -0.2) is 12.7 Å².